The first-order valence-corrected chi connectivity index (χ1v) is 9.66. The first-order chi connectivity index (χ1) is 15.3. The van der Waals surface area contributed by atoms with Crippen molar-refractivity contribution in [2.75, 3.05) is 5.73 Å². The van der Waals surface area contributed by atoms with Crippen LogP contribution in [0, 0.1) is 0 Å². The molecule has 5 aromatic rings. The molecule has 0 aliphatic carbocycles. The van der Waals surface area contributed by atoms with E-state index >= 15 is 0 Å². The zero-order chi connectivity index (χ0) is 21.0. The molecule has 0 saturated carbocycles. The average molecular weight is 410 g/mol. The summed E-state index contributed by atoms with van der Waals surface area (Å²) in [5.41, 5.74) is 9.68. The van der Waals surface area contributed by atoms with Crippen molar-refractivity contribution in [3.05, 3.63) is 91.0 Å². The molecular weight excluding hydrogens is 392 g/mol. The maximum absolute atomic E-state index is 6.00. The van der Waals surface area contributed by atoms with Gasteiger partial charge < -0.3 is 19.3 Å². The van der Waals surface area contributed by atoms with Gasteiger partial charge in [0.25, 0.3) is 0 Å². The van der Waals surface area contributed by atoms with E-state index in [-0.39, 0.29) is 5.95 Å². The van der Waals surface area contributed by atoms with Crippen molar-refractivity contribution in [3.63, 3.8) is 0 Å². The van der Waals surface area contributed by atoms with Gasteiger partial charge in [0.2, 0.25) is 11.8 Å². The van der Waals surface area contributed by atoms with Crippen molar-refractivity contribution in [2.24, 2.45) is 0 Å². The SMILES string of the molecule is Nc1nc(-c2ccco2)c(-c2ccc(OCc3ccccc3)nc2)c(-c2ccco2)n1. The molecule has 152 valence electrons. The predicted molar refractivity (Wildman–Crippen MR) is 116 cm³/mol. The van der Waals surface area contributed by atoms with Crippen LogP contribution < -0.4 is 10.5 Å². The molecule has 4 aromatic heterocycles. The number of nitrogens with two attached hydrogens (primary N) is 1. The van der Waals surface area contributed by atoms with Gasteiger partial charge in [0, 0.05) is 23.4 Å². The molecular formula is C24H18N4O3. The van der Waals surface area contributed by atoms with Crippen LogP contribution in [0.2, 0.25) is 0 Å². The smallest absolute Gasteiger partial charge is 0.221 e. The van der Waals surface area contributed by atoms with E-state index in [2.05, 4.69) is 15.0 Å². The Morgan fingerprint density at radius 2 is 1.45 bits per heavy atom. The van der Waals surface area contributed by atoms with Crippen LogP contribution in [0.15, 0.2) is 94.3 Å². The number of pyridine rings is 1. The molecule has 0 saturated heterocycles. The Kier molecular flexibility index (Phi) is 4.90. The van der Waals surface area contributed by atoms with Crippen LogP contribution in [-0.4, -0.2) is 15.0 Å². The lowest BCUT2D eigenvalue weighted by Crippen LogP contribution is -2.02. The molecule has 0 bridgehead atoms. The number of nitrogens with zero attached hydrogens (tertiary/aromatic N) is 3. The number of ether oxygens (including phenoxy) is 1. The van der Waals surface area contributed by atoms with E-state index in [0.717, 1.165) is 11.1 Å². The molecule has 0 spiro atoms. The standard InChI is InChI=1S/C24H18N4O3/c25-24-27-22(18-8-4-12-29-18)21(23(28-24)19-9-5-13-30-19)17-10-11-20(26-14-17)31-15-16-6-2-1-3-7-16/h1-14H,15H2,(H2,25,27,28). The molecule has 0 atom stereocenters. The lowest BCUT2D eigenvalue weighted by molar-refractivity contribution is 0.294. The van der Waals surface area contributed by atoms with Crippen LogP contribution in [0.1, 0.15) is 5.56 Å². The maximum Gasteiger partial charge on any atom is 0.221 e. The molecule has 0 unspecified atom stereocenters. The first kappa shape index (κ1) is 18.6. The summed E-state index contributed by atoms with van der Waals surface area (Å²) in [5.74, 6) is 1.78. The Hall–Kier alpha value is -4.39. The summed E-state index contributed by atoms with van der Waals surface area (Å²) in [6, 6.07) is 20.9. The molecule has 4 heterocycles. The Balaban J connectivity index is 1.54. The molecule has 7 heteroatoms. The second-order valence-electron chi connectivity index (χ2n) is 6.77. The van der Waals surface area contributed by atoms with Gasteiger partial charge in [-0.2, -0.15) is 0 Å². The number of furan rings is 2. The summed E-state index contributed by atoms with van der Waals surface area (Å²) >= 11 is 0. The zero-order valence-electron chi connectivity index (χ0n) is 16.4. The van der Waals surface area contributed by atoms with Gasteiger partial charge in [-0.3, -0.25) is 0 Å². The van der Waals surface area contributed by atoms with Crippen molar-refractivity contribution in [1.82, 2.24) is 15.0 Å². The van der Waals surface area contributed by atoms with Crippen LogP contribution in [-0.2, 0) is 6.61 Å². The topological polar surface area (TPSA) is 100 Å². The van der Waals surface area contributed by atoms with Crippen LogP contribution in [0.4, 0.5) is 5.95 Å². The summed E-state index contributed by atoms with van der Waals surface area (Å²) in [4.78, 5) is 13.3. The van der Waals surface area contributed by atoms with E-state index in [9.17, 15) is 0 Å². The molecule has 2 N–H and O–H groups in total. The van der Waals surface area contributed by atoms with Crippen LogP contribution in [0.5, 0.6) is 5.88 Å². The first-order valence-electron chi connectivity index (χ1n) is 9.66. The maximum atomic E-state index is 6.00. The van der Waals surface area contributed by atoms with Gasteiger partial charge in [-0.25, -0.2) is 15.0 Å². The average Bonchev–Trinajstić information content (AvgIpc) is 3.53. The number of nitrogen functional groups attached to an aromatic ring is 1. The summed E-state index contributed by atoms with van der Waals surface area (Å²) < 4.78 is 17.0. The second-order valence-corrected chi connectivity index (χ2v) is 6.77. The summed E-state index contributed by atoms with van der Waals surface area (Å²) in [6.45, 7) is 0.438. The van der Waals surface area contributed by atoms with Gasteiger partial charge in [0.05, 0.1) is 12.5 Å². The molecule has 0 aliphatic rings. The summed E-state index contributed by atoms with van der Waals surface area (Å²) in [6.07, 6.45) is 4.89. The largest absolute Gasteiger partial charge is 0.473 e. The zero-order valence-corrected chi connectivity index (χ0v) is 16.4. The lowest BCUT2D eigenvalue weighted by atomic mass is 10.0. The molecule has 31 heavy (non-hydrogen) atoms. The Bertz CT molecular complexity index is 1210. The number of aromatic nitrogens is 3. The van der Waals surface area contributed by atoms with E-state index in [1.165, 1.54) is 0 Å². The fourth-order valence-corrected chi connectivity index (χ4v) is 3.28. The molecule has 0 radical (unpaired) electrons. The van der Waals surface area contributed by atoms with Gasteiger partial charge in [-0.1, -0.05) is 30.3 Å². The molecule has 1 aromatic carbocycles. The Morgan fingerprint density at radius 3 is 2.00 bits per heavy atom. The van der Waals surface area contributed by atoms with Gasteiger partial charge >= 0.3 is 0 Å². The van der Waals surface area contributed by atoms with E-state index < -0.39 is 0 Å². The number of benzene rings is 1. The fourth-order valence-electron chi connectivity index (χ4n) is 3.28. The van der Waals surface area contributed by atoms with Crippen LogP contribution in [0.3, 0.4) is 0 Å². The van der Waals surface area contributed by atoms with Crippen molar-refractivity contribution in [2.45, 2.75) is 6.61 Å². The predicted octanol–water partition coefficient (Wildman–Crippen LogP) is 5.22. The third kappa shape index (κ3) is 3.89. The van der Waals surface area contributed by atoms with E-state index in [1.54, 1.807) is 30.9 Å². The quantitative estimate of drug-likeness (QED) is 0.409. The lowest BCUT2D eigenvalue weighted by Gasteiger charge is -2.13. The highest BCUT2D eigenvalue weighted by Crippen LogP contribution is 2.38. The highest BCUT2D eigenvalue weighted by atomic mass is 16.5. The van der Waals surface area contributed by atoms with E-state index in [0.29, 0.717) is 41.0 Å². The van der Waals surface area contributed by atoms with Crippen LogP contribution in [0.25, 0.3) is 34.0 Å². The highest BCUT2D eigenvalue weighted by Gasteiger charge is 2.21. The third-order valence-electron chi connectivity index (χ3n) is 4.69. The molecule has 7 nitrogen and oxygen atoms in total. The van der Waals surface area contributed by atoms with E-state index in [4.69, 9.17) is 19.3 Å². The fraction of sp³-hybridized carbons (Fsp3) is 0.0417. The highest BCUT2D eigenvalue weighted by molar-refractivity contribution is 5.89. The van der Waals surface area contributed by atoms with Crippen molar-refractivity contribution >= 4 is 5.95 Å². The Morgan fingerprint density at radius 1 is 0.774 bits per heavy atom. The summed E-state index contributed by atoms with van der Waals surface area (Å²) in [5, 5.41) is 0. The monoisotopic (exact) mass is 410 g/mol. The van der Waals surface area contributed by atoms with Crippen molar-refractivity contribution in [3.8, 4) is 39.9 Å². The number of hydrogen-bond donors (Lipinski definition) is 1. The normalized spacial score (nSPS) is 10.8. The van der Waals surface area contributed by atoms with Gasteiger partial charge in [0.1, 0.15) is 18.0 Å². The van der Waals surface area contributed by atoms with Gasteiger partial charge in [-0.05, 0) is 35.9 Å². The molecule has 0 aliphatic heterocycles. The molecule has 0 amide bonds. The van der Waals surface area contributed by atoms with Gasteiger partial charge in [-0.15, -0.1) is 0 Å². The number of anilines is 1. The summed E-state index contributed by atoms with van der Waals surface area (Å²) in [7, 11) is 0. The minimum absolute atomic E-state index is 0.123. The number of hydrogen-bond acceptors (Lipinski definition) is 7. The third-order valence-corrected chi connectivity index (χ3v) is 4.69. The Labute approximate surface area is 178 Å². The second kappa shape index (κ2) is 8.16. The minimum atomic E-state index is 0.123. The van der Waals surface area contributed by atoms with Crippen molar-refractivity contribution in [1.29, 1.82) is 0 Å². The number of rotatable bonds is 6. The molecule has 5 rings (SSSR count). The molecule has 0 fully saturated rings. The van der Waals surface area contributed by atoms with Crippen LogP contribution >= 0.6 is 0 Å². The van der Waals surface area contributed by atoms with Gasteiger partial charge in [0.15, 0.2) is 11.5 Å². The minimum Gasteiger partial charge on any atom is -0.473 e. The van der Waals surface area contributed by atoms with Crippen molar-refractivity contribution < 1.29 is 13.6 Å². The van der Waals surface area contributed by atoms with E-state index in [1.807, 2.05) is 54.6 Å².